The van der Waals surface area contributed by atoms with E-state index < -0.39 is 5.54 Å². The molecular formula is C16H37ClN5O+. The summed E-state index contributed by atoms with van der Waals surface area (Å²) in [6, 6.07) is 0. The number of aliphatic imine (C=N–C) groups is 1. The maximum atomic E-state index is 12.5. The highest BCUT2D eigenvalue weighted by Gasteiger charge is 2.32. The van der Waals surface area contributed by atoms with Crippen LogP contribution in [0.15, 0.2) is 4.99 Å². The van der Waals surface area contributed by atoms with Gasteiger partial charge in [0.2, 0.25) is 5.91 Å². The Kier molecular flexibility index (Phi) is 12.4. The second-order valence-corrected chi connectivity index (χ2v) is 6.50. The molecule has 0 rings (SSSR count). The summed E-state index contributed by atoms with van der Waals surface area (Å²) in [6.45, 7) is 12.2. The number of amidine groups is 1. The van der Waals surface area contributed by atoms with Crippen LogP contribution in [-0.4, -0.2) is 61.5 Å². The van der Waals surface area contributed by atoms with E-state index in [1.54, 1.807) is 6.92 Å². The van der Waals surface area contributed by atoms with Crippen LogP contribution in [0.25, 0.3) is 0 Å². The van der Waals surface area contributed by atoms with Gasteiger partial charge in [-0.1, -0.05) is 0 Å². The Morgan fingerprint density at radius 2 is 1.83 bits per heavy atom. The zero-order chi connectivity index (χ0) is 17.2. The number of unbranched alkanes of at least 4 members (excludes halogenated alkanes) is 1. The fourth-order valence-electron chi connectivity index (χ4n) is 2.39. The van der Waals surface area contributed by atoms with Crippen molar-refractivity contribution in [3.05, 3.63) is 0 Å². The molecule has 7 heteroatoms. The summed E-state index contributed by atoms with van der Waals surface area (Å²) in [5, 5.41) is 3.03. The van der Waals surface area contributed by atoms with E-state index in [4.69, 9.17) is 11.5 Å². The molecule has 0 spiro atoms. The minimum Gasteiger partial charge on any atom is -0.388 e. The van der Waals surface area contributed by atoms with Gasteiger partial charge in [0.25, 0.3) is 0 Å². The fraction of sp³-hybridized carbons (Fsp3) is 0.875. The van der Waals surface area contributed by atoms with Gasteiger partial charge in [0, 0.05) is 0 Å². The van der Waals surface area contributed by atoms with E-state index in [9.17, 15) is 4.79 Å². The molecule has 0 aromatic carbocycles. The summed E-state index contributed by atoms with van der Waals surface area (Å²) in [5.41, 5.74) is 10.4. The van der Waals surface area contributed by atoms with E-state index in [0.29, 0.717) is 25.3 Å². The Bertz CT molecular complexity index is 367. The fourth-order valence-corrected chi connectivity index (χ4v) is 2.39. The zero-order valence-electron chi connectivity index (χ0n) is 15.5. The molecular weight excluding hydrogens is 314 g/mol. The topological polar surface area (TPSA) is 93.5 Å². The maximum absolute atomic E-state index is 12.5. The summed E-state index contributed by atoms with van der Waals surface area (Å²) >= 11 is 0. The van der Waals surface area contributed by atoms with Gasteiger partial charge >= 0.3 is 0 Å². The molecule has 0 heterocycles. The van der Waals surface area contributed by atoms with Crippen molar-refractivity contribution in [3.63, 3.8) is 0 Å². The van der Waals surface area contributed by atoms with E-state index in [-0.39, 0.29) is 18.3 Å². The summed E-state index contributed by atoms with van der Waals surface area (Å²) in [7, 11) is 2.20. The lowest BCUT2D eigenvalue weighted by Crippen LogP contribution is -2.51. The first kappa shape index (κ1) is 24.4. The molecule has 0 saturated carbocycles. The Balaban J connectivity index is 0. The van der Waals surface area contributed by atoms with Crippen LogP contribution in [-0.2, 0) is 4.79 Å². The van der Waals surface area contributed by atoms with Crippen LogP contribution in [0.4, 0.5) is 0 Å². The number of quaternary nitrogens is 1. The van der Waals surface area contributed by atoms with Crippen molar-refractivity contribution in [2.24, 2.45) is 16.5 Å². The molecule has 0 saturated heterocycles. The SMILES string of the molecule is CC[N+](C)(CC)CCNC(=O)C(C)(CCCCN)N=C(C)N.Cl. The summed E-state index contributed by atoms with van der Waals surface area (Å²) in [4.78, 5) is 16.9. The number of carbonyl (C=O) groups excluding carboxylic acids is 1. The number of nitrogens with one attached hydrogen (secondary N) is 1. The first-order valence-electron chi connectivity index (χ1n) is 8.37. The van der Waals surface area contributed by atoms with Gasteiger partial charge in [0.05, 0.1) is 39.1 Å². The second kappa shape index (κ2) is 11.6. The third-order valence-electron chi connectivity index (χ3n) is 4.49. The van der Waals surface area contributed by atoms with E-state index in [0.717, 1.165) is 37.0 Å². The van der Waals surface area contributed by atoms with Gasteiger partial charge in [-0.25, -0.2) is 0 Å². The maximum Gasteiger partial charge on any atom is 0.247 e. The molecule has 138 valence electrons. The molecule has 0 aromatic rings. The van der Waals surface area contributed by atoms with Gasteiger partial charge in [0.1, 0.15) is 5.54 Å². The predicted octanol–water partition coefficient (Wildman–Crippen LogP) is 1.28. The van der Waals surface area contributed by atoms with E-state index in [2.05, 4.69) is 31.2 Å². The molecule has 0 aromatic heterocycles. The van der Waals surface area contributed by atoms with E-state index in [1.165, 1.54) is 0 Å². The van der Waals surface area contributed by atoms with Crippen molar-refractivity contribution in [2.45, 2.75) is 52.5 Å². The molecule has 0 aliphatic heterocycles. The summed E-state index contributed by atoms with van der Waals surface area (Å²) in [6.07, 6.45) is 2.43. The highest BCUT2D eigenvalue weighted by molar-refractivity contribution is 5.89. The van der Waals surface area contributed by atoms with Crippen molar-refractivity contribution in [2.75, 3.05) is 39.8 Å². The van der Waals surface area contributed by atoms with Crippen molar-refractivity contribution >= 4 is 24.1 Å². The van der Waals surface area contributed by atoms with Crippen molar-refractivity contribution in [1.29, 1.82) is 0 Å². The number of hydrogen-bond donors (Lipinski definition) is 3. The summed E-state index contributed by atoms with van der Waals surface area (Å²) < 4.78 is 0.948. The highest BCUT2D eigenvalue weighted by atomic mass is 35.5. The Morgan fingerprint density at radius 1 is 1.26 bits per heavy atom. The molecule has 5 N–H and O–H groups in total. The van der Waals surface area contributed by atoms with Crippen LogP contribution in [0.1, 0.15) is 47.0 Å². The quantitative estimate of drug-likeness (QED) is 0.227. The number of likely N-dealkylation sites (N-methyl/N-ethyl adjacent to an activating group) is 1. The minimum absolute atomic E-state index is 0. The molecule has 1 amide bonds. The van der Waals surface area contributed by atoms with Crippen LogP contribution < -0.4 is 16.8 Å². The molecule has 0 aliphatic carbocycles. The predicted molar refractivity (Wildman–Crippen MR) is 101 cm³/mol. The van der Waals surface area contributed by atoms with E-state index in [1.807, 2.05) is 6.92 Å². The lowest BCUT2D eigenvalue weighted by molar-refractivity contribution is -0.904. The second-order valence-electron chi connectivity index (χ2n) is 6.50. The first-order chi connectivity index (χ1) is 10.2. The molecule has 0 aliphatic rings. The third kappa shape index (κ3) is 9.13. The van der Waals surface area contributed by atoms with Crippen LogP contribution in [0, 0.1) is 0 Å². The number of nitrogens with zero attached hydrogens (tertiary/aromatic N) is 2. The van der Waals surface area contributed by atoms with Crippen LogP contribution in [0.2, 0.25) is 0 Å². The lowest BCUT2D eigenvalue weighted by atomic mass is 9.94. The molecule has 1 unspecified atom stereocenters. The zero-order valence-corrected chi connectivity index (χ0v) is 16.3. The van der Waals surface area contributed by atoms with Gasteiger partial charge in [-0.05, 0) is 53.5 Å². The van der Waals surface area contributed by atoms with Gasteiger partial charge in [0.15, 0.2) is 0 Å². The van der Waals surface area contributed by atoms with Crippen molar-refractivity contribution in [3.8, 4) is 0 Å². The average Bonchev–Trinajstić information content (AvgIpc) is 2.46. The Morgan fingerprint density at radius 3 is 2.26 bits per heavy atom. The number of amides is 1. The molecule has 6 nitrogen and oxygen atoms in total. The highest BCUT2D eigenvalue weighted by Crippen LogP contribution is 2.19. The van der Waals surface area contributed by atoms with Gasteiger partial charge < -0.3 is 21.3 Å². The van der Waals surface area contributed by atoms with Crippen LogP contribution in [0.5, 0.6) is 0 Å². The van der Waals surface area contributed by atoms with Crippen LogP contribution in [0.3, 0.4) is 0 Å². The number of halogens is 1. The van der Waals surface area contributed by atoms with E-state index >= 15 is 0 Å². The normalized spacial score (nSPS) is 14.8. The molecule has 23 heavy (non-hydrogen) atoms. The first-order valence-corrected chi connectivity index (χ1v) is 8.37. The molecule has 1 atom stereocenters. The Hall–Kier alpha value is -0.850. The largest absolute Gasteiger partial charge is 0.388 e. The summed E-state index contributed by atoms with van der Waals surface area (Å²) in [5.74, 6) is 0.390. The van der Waals surface area contributed by atoms with Crippen LogP contribution >= 0.6 is 12.4 Å². The van der Waals surface area contributed by atoms with Gasteiger partial charge in [-0.15, -0.1) is 12.4 Å². The van der Waals surface area contributed by atoms with Crippen molar-refractivity contribution in [1.82, 2.24) is 5.32 Å². The lowest BCUT2D eigenvalue weighted by Gasteiger charge is -2.33. The van der Waals surface area contributed by atoms with Crippen molar-refractivity contribution < 1.29 is 9.28 Å². The number of rotatable bonds is 11. The van der Waals surface area contributed by atoms with Gasteiger partial charge in [-0.3, -0.25) is 9.79 Å². The minimum atomic E-state index is -0.796. The molecule has 0 radical (unpaired) electrons. The Labute approximate surface area is 148 Å². The average molecular weight is 351 g/mol. The number of nitrogens with two attached hydrogens (primary N) is 2. The number of carbonyl (C=O) groups is 1. The number of hydrogen-bond acceptors (Lipinski definition) is 3. The standard InChI is InChI=1S/C16H35N5O.ClH/c1-6-21(5,7-2)13-12-19-15(22)16(4,20-14(3)18)10-8-9-11-17;/h6-13,17H2,1-5H3,(H2-,18,19,20,22);1H/p+1. The molecule has 0 fully saturated rings. The monoisotopic (exact) mass is 350 g/mol. The van der Waals surface area contributed by atoms with Gasteiger partial charge in [-0.2, -0.15) is 0 Å². The third-order valence-corrected chi connectivity index (χ3v) is 4.49. The molecule has 0 bridgehead atoms. The smallest absolute Gasteiger partial charge is 0.247 e.